The van der Waals surface area contributed by atoms with E-state index in [2.05, 4.69) is 26.5 Å². The summed E-state index contributed by atoms with van der Waals surface area (Å²) in [5.41, 5.74) is 7.07. The van der Waals surface area contributed by atoms with Gasteiger partial charge in [0.25, 0.3) is 15.9 Å². The standard InChI is InChI=1S/C25H26BrN3O3S/c1-17-8-14-23(15-9-17)33(31,32)29(24-7-5-6-18(2)19(24)3)16-25(30)28-27-20(4)21-10-12-22(26)13-11-21/h5-15H,16H2,1-4H3,(H,28,30)/b27-20-. The number of halogens is 1. The fraction of sp³-hybridized carbons (Fsp3) is 0.200. The molecule has 0 bridgehead atoms. The molecule has 3 aromatic carbocycles. The van der Waals surface area contributed by atoms with Crippen molar-refractivity contribution in [1.82, 2.24) is 5.43 Å². The van der Waals surface area contributed by atoms with E-state index in [1.807, 2.05) is 51.1 Å². The van der Waals surface area contributed by atoms with Crippen LogP contribution in [0.15, 0.2) is 81.2 Å². The number of nitrogens with one attached hydrogen (secondary N) is 1. The minimum atomic E-state index is -3.98. The molecule has 6 nitrogen and oxygen atoms in total. The third kappa shape index (κ3) is 5.89. The molecule has 0 spiro atoms. The molecule has 172 valence electrons. The molecule has 0 aliphatic heterocycles. The monoisotopic (exact) mass is 527 g/mol. The minimum Gasteiger partial charge on any atom is -0.271 e. The van der Waals surface area contributed by atoms with Crippen LogP contribution in [0.3, 0.4) is 0 Å². The first-order valence-electron chi connectivity index (χ1n) is 10.3. The second-order valence-corrected chi connectivity index (χ2v) is 10.6. The largest absolute Gasteiger partial charge is 0.271 e. The molecule has 0 radical (unpaired) electrons. The average molecular weight is 528 g/mol. The summed E-state index contributed by atoms with van der Waals surface area (Å²) in [5.74, 6) is -0.539. The van der Waals surface area contributed by atoms with E-state index >= 15 is 0 Å². The number of aryl methyl sites for hydroxylation is 2. The molecule has 1 N–H and O–H groups in total. The lowest BCUT2D eigenvalue weighted by molar-refractivity contribution is -0.119. The van der Waals surface area contributed by atoms with E-state index in [1.165, 1.54) is 0 Å². The summed E-state index contributed by atoms with van der Waals surface area (Å²) in [5, 5.41) is 4.16. The zero-order valence-electron chi connectivity index (χ0n) is 19.0. The second-order valence-electron chi connectivity index (χ2n) is 7.78. The fourth-order valence-corrected chi connectivity index (χ4v) is 4.95. The Hall–Kier alpha value is -2.97. The highest BCUT2D eigenvalue weighted by atomic mass is 79.9. The lowest BCUT2D eigenvalue weighted by Gasteiger charge is -2.26. The molecule has 0 unspecified atom stereocenters. The predicted octanol–water partition coefficient (Wildman–Crippen LogP) is 5.11. The van der Waals surface area contributed by atoms with Crippen molar-refractivity contribution in [2.75, 3.05) is 10.8 Å². The van der Waals surface area contributed by atoms with Gasteiger partial charge in [-0.2, -0.15) is 5.10 Å². The highest BCUT2D eigenvalue weighted by Gasteiger charge is 2.28. The van der Waals surface area contributed by atoms with Gasteiger partial charge in [-0.05, 0) is 74.7 Å². The lowest BCUT2D eigenvalue weighted by Crippen LogP contribution is -2.40. The third-order valence-corrected chi connectivity index (χ3v) is 7.65. The number of hydrazone groups is 1. The van der Waals surface area contributed by atoms with Crippen LogP contribution in [0, 0.1) is 20.8 Å². The smallest absolute Gasteiger partial charge is 0.264 e. The van der Waals surface area contributed by atoms with Gasteiger partial charge in [0.05, 0.1) is 16.3 Å². The maximum Gasteiger partial charge on any atom is 0.264 e. The zero-order valence-corrected chi connectivity index (χ0v) is 21.4. The van der Waals surface area contributed by atoms with E-state index in [4.69, 9.17) is 0 Å². The molecule has 0 fully saturated rings. The molecule has 8 heteroatoms. The summed E-state index contributed by atoms with van der Waals surface area (Å²) in [7, 11) is -3.98. The number of rotatable bonds is 7. The summed E-state index contributed by atoms with van der Waals surface area (Å²) in [6.07, 6.45) is 0. The van der Waals surface area contributed by atoms with Crippen molar-refractivity contribution >= 4 is 43.3 Å². The molecule has 3 rings (SSSR count). The van der Waals surface area contributed by atoms with Crippen molar-refractivity contribution in [3.05, 3.63) is 93.5 Å². The molecule has 0 aliphatic carbocycles. The van der Waals surface area contributed by atoms with Gasteiger partial charge in [-0.3, -0.25) is 9.10 Å². The summed E-state index contributed by atoms with van der Waals surface area (Å²) in [6.45, 7) is 7.00. The average Bonchev–Trinajstić information content (AvgIpc) is 2.78. The Morgan fingerprint density at radius 1 is 0.970 bits per heavy atom. The summed E-state index contributed by atoms with van der Waals surface area (Å²) in [6, 6.07) is 19.5. The Morgan fingerprint density at radius 2 is 1.61 bits per heavy atom. The van der Waals surface area contributed by atoms with Crippen molar-refractivity contribution < 1.29 is 13.2 Å². The highest BCUT2D eigenvalue weighted by molar-refractivity contribution is 9.10. The van der Waals surface area contributed by atoms with Gasteiger partial charge in [-0.25, -0.2) is 13.8 Å². The molecular weight excluding hydrogens is 502 g/mol. The molecule has 3 aromatic rings. The lowest BCUT2D eigenvalue weighted by atomic mass is 10.1. The van der Waals surface area contributed by atoms with Crippen molar-refractivity contribution in [3.63, 3.8) is 0 Å². The first-order valence-corrected chi connectivity index (χ1v) is 12.6. The molecule has 0 aromatic heterocycles. The summed E-state index contributed by atoms with van der Waals surface area (Å²) >= 11 is 3.39. The number of hydrogen-bond donors (Lipinski definition) is 1. The fourth-order valence-electron chi connectivity index (χ4n) is 3.21. The van der Waals surface area contributed by atoms with Gasteiger partial charge < -0.3 is 0 Å². The Balaban J connectivity index is 1.92. The van der Waals surface area contributed by atoms with E-state index in [0.29, 0.717) is 11.4 Å². The van der Waals surface area contributed by atoms with E-state index in [-0.39, 0.29) is 4.90 Å². The van der Waals surface area contributed by atoms with Crippen LogP contribution in [0.25, 0.3) is 0 Å². The maximum absolute atomic E-state index is 13.5. The van der Waals surface area contributed by atoms with Crippen LogP contribution >= 0.6 is 15.9 Å². The third-order valence-electron chi connectivity index (χ3n) is 5.35. The number of nitrogens with zero attached hydrogens (tertiary/aromatic N) is 2. The van der Waals surface area contributed by atoms with E-state index in [1.54, 1.807) is 43.3 Å². The zero-order chi connectivity index (χ0) is 24.2. The molecule has 0 aliphatic rings. The number of amides is 1. The Labute approximate surface area is 203 Å². The Morgan fingerprint density at radius 3 is 2.24 bits per heavy atom. The van der Waals surface area contributed by atoms with Crippen molar-refractivity contribution in [1.29, 1.82) is 0 Å². The maximum atomic E-state index is 13.5. The van der Waals surface area contributed by atoms with Gasteiger partial charge in [-0.1, -0.05) is 57.9 Å². The van der Waals surface area contributed by atoms with E-state index in [0.717, 1.165) is 31.0 Å². The molecule has 1 amide bonds. The highest BCUT2D eigenvalue weighted by Crippen LogP contribution is 2.28. The number of carbonyl (C=O) groups is 1. The van der Waals surface area contributed by atoms with Crippen LogP contribution < -0.4 is 9.73 Å². The molecule has 0 atom stereocenters. The van der Waals surface area contributed by atoms with Gasteiger partial charge in [0, 0.05) is 4.47 Å². The molecular formula is C25H26BrN3O3S. The first kappa shape index (κ1) is 24.7. The van der Waals surface area contributed by atoms with Crippen molar-refractivity contribution in [3.8, 4) is 0 Å². The van der Waals surface area contributed by atoms with Crippen LogP contribution in [0.1, 0.15) is 29.2 Å². The van der Waals surface area contributed by atoms with Gasteiger partial charge in [-0.15, -0.1) is 0 Å². The van der Waals surface area contributed by atoms with Crippen LogP contribution in [-0.4, -0.2) is 26.6 Å². The topological polar surface area (TPSA) is 78.8 Å². The normalized spacial score (nSPS) is 11.8. The van der Waals surface area contributed by atoms with Gasteiger partial charge in [0.1, 0.15) is 6.54 Å². The Kier molecular flexibility index (Phi) is 7.71. The van der Waals surface area contributed by atoms with Gasteiger partial charge in [0.2, 0.25) is 0 Å². The summed E-state index contributed by atoms with van der Waals surface area (Å²) < 4.78 is 29.2. The number of carbonyl (C=O) groups excluding carboxylic acids is 1. The summed E-state index contributed by atoms with van der Waals surface area (Å²) in [4.78, 5) is 12.9. The number of anilines is 1. The van der Waals surface area contributed by atoms with E-state index < -0.39 is 22.5 Å². The van der Waals surface area contributed by atoms with Gasteiger partial charge >= 0.3 is 0 Å². The number of sulfonamides is 1. The van der Waals surface area contributed by atoms with Crippen molar-refractivity contribution in [2.24, 2.45) is 5.10 Å². The van der Waals surface area contributed by atoms with E-state index in [9.17, 15) is 13.2 Å². The molecule has 0 saturated carbocycles. The van der Waals surface area contributed by atoms with Crippen LogP contribution in [0.5, 0.6) is 0 Å². The van der Waals surface area contributed by atoms with Crippen LogP contribution in [0.2, 0.25) is 0 Å². The van der Waals surface area contributed by atoms with Crippen molar-refractivity contribution in [2.45, 2.75) is 32.6 Å². The number of benzene rings is 3. The first-order chi connectivity index (χ1) is 15.6. The molecule has 0 saturated heterocycles. The quantitative estimate of drug-likeness (QED) is 0.342. The SMILES string of the molecule is C/C(=N/NC(=O)CN(c1cccc(C)c1C)S(=O)(=O)c1ccc(C)cc1)c1ccc(Br)cc1. The second kappa shape index (κ2) is 10.3. The minimum absolute atomic E-state index is 0.122. The predicted molar refractivity (Wildman–Crippen MR) is 136 cm³/mol. The Bertz CT molecular complexity index is 1290. The van der Waals surface area contributed by atoms with Crippen LogP contribution in [-0.2, 0) is 14.8 Å². The number of hydrogen-bond acceptors (Lipinski definition) is 4. The van der Waals surface area contributed by atoms with Crippen LogP contribution in [0.4, 0.5) is 5.69 Å². The molecule has 33 heavy (non-hydrogen) atoms. The van der Waals surface area contributed by atoms with Gasteiger partial charge in [0.15, 0.2) is 0 Å². The molecule has 0 heterocycles.